The van der Waals surface area contributed by atoms with E-state index in [1.165, 1.54) is 0 Å². The second-order valence-electron chi connectivity index (χ2n) is 11.3. The van der Waals surface area contributed by atoms with Crippen molar-refractivity contribution in [2.24, 2.45) is 0 Å². The number of oxazole rings is 1. The molecule has 44 heavy (non-hydrogen) atoms. The second-order valence-corrected chi connectivity index (χ2v) is 11.3. The summed E-state index contributed by atoms with van der Waals surface area (Å²) >= 11 is 0. The number of ether oxygens (including phenoxy) is 4. The lowest BCUT2D eigenvalue weighted by atomic mass is 9.80. The van der Waals surface area contributed by atoms with Crippen LogP contribution in [0.5, 0.6) is 17.2 Å². The Balaban J connectivity index is 1.33. The topological polar surface area (TPSA) is 100 Å². The molecule has 1 saturated heterocycles. The molecule has 10 heteroatoms. The summed E-state index contributed by atoms with van der Waals surface area (Å²) in [6.45, 7) is 9.62. The van der Waals surface area contributed by atoms with Crippen LogP contribution in [-0.2, 0) is 16.1 Å². The highest BCUT2D eigenvalue weighted by Crippen LogP contribution is 2.40. The van der Waals surface area contributed by atoms with Gasteiger partial charge in [0.2, 0.25) is 5.60 Å². The normalized spacial score (nSPS) is 16.3. The molecule has 0 radical (unpaired) electrons. The smallest absolute Gasteiger partial charge is 0.350 e. The molecule has 234 valence electrons. The fraction of sp³-hybridized carbons (Fsp3) is 0.471. The zero-order chi connectivity index (χ0) is 30.5. The third kappa shape index (κ3) is 6.08. The van der Waals surface area contributed by atoms with Crippen molar-refractivity contribution in [3.8, 4) is 22.9 Å². The van der Waals surface area contributed by atoms with Gasteiger partial charge in [0.1, 0.15) is 28.5 Å². The minimum Gasteiger partial charge on any atom is -0.492 e. The van der Waals surface area contributed by atoms with E-state index in [-0.39, 0.29) is 12.0 Å². The van der Waals surface area contributed by atoms with Crippen molar-refractivity contribution in [3.05, 3.63) is 60.4 Å². The van der Waals surface area contributed by atoms with Crippen LogP contribution in [-0.4, -0.2) is 60.1 Å². The molecule has 2 aliphatic rings. The molecule has 0 amide bonds. The van der Waals surface area contributed by atoms with Crippen molar-refractivity contribution < 1.29 is 28.2 Å². The van der Waals surface area contributed by atoms with Gasteiger partial charge in [-0.05, 0) is 108 Å². The lowest BCUT2D eigenvalue weighted by Crippen LogP contribution is -2.51. The van der Waals surface area contributed by atoms with Crippen LogP contribution in [0.2, 0.25) is 0 Å². The number of carbonyl (C=O) groups is 1. The number of aromatic nitrogens is 2. The van der Waals surface area contributed by atoms with Gasteiger partial charge in [0, 0.05) is 31.0 Å². The monoisotopic (exact) mass is 602 g/mol. The SMILES string of the molecule is CCOC(=O)C1(Oc2ccc3oc(N(Cc4cc(OCC)c(-n5cccc5)c(OCC)c4)C4CCNCC4)nc3c2)CCC1. The fourth-order valence-corrected chi connectivity index (χ4v) is 6.08. The Morgan fingerprint density at radius 3 is 2.34 bits per heavy atom. The summed E-state index contributed by atoms with van der Waals surface area (Å²) < 4.78 is 32.3. The Labute approximate surface area is 258 Å². The van der Waals surface area contributed by atoms with Gasteiger partial charge in [-0.2, -0.15) is 4.98 Å². The van der Waals surface area contributed by atoms with Crippen LogP contribution in [0.3, 0.4) is 0 Å². The summed E-state index contributed by atoms with van der Waals surface area (Å²) in [5.41, 5.74) is 2.36. The second kappa shape index (κ2) is 13.2. The Bertz CT molecular complexity index is 1530. The molecule has 1 N–H and O–H groups in total. The maximum Gasteiger partial charge on any atom is 0.350 e. The van der Waals surface area contributed by atoms with Crippen LogP contribution < -0.4 is 24.4 Å². The maximum atomic E-state index is 12.7. The van der Waals surface area contributed by atoms with E-state index in [0.29, 0.717) is 62.1 Å². The van der Waals surface area contributed by atoms with E-state index in [0.717, 1.165) is 55.1 Å². The Hall–Kier alpha value is -4.18. The summed E-state index contributed by atoms with van der Waals surface area (Å²) in [4.78, 5) is 19.9. The van der Waals surface area contributed by atoms with E-state index >= 15 is 0 Å². The quantitative estimate of drug-likeness (QED) is 0.184. The van der Waals surface area contributed by atoms with E-state index in [1.54, 1.807) is 0 Å². The summed E-state index contributed by atoms with van der Waals surface area (Å²) in [5.74, 6) is 1.81. The number of anilines is 1. The lowest BCUT2D eigenvalue weighted by molar-refractivity contribution is -0.169. The van der Waals surface area contributed by atoms with Crippen molar-refractivity contribution in [1.82, 2.24) is 14.9 Å². The minimum atomic E-state index is -0.916. The van der Waals surface area contributed by atoms with Crippen LogP contribution in [0, 0.1) is 0 Å². The van der Waals surface area contributed by atoms with E-state index in [2.05, 4.69) is 22.3 Å². The third-order valence-corrected chi connectivity index (χ3v) is 8.38. The molecule has 2 fully saturated rings. The highest BCUT2D eigenvalue weighted by Gasteiger charge is 2.48. The number of benzene rings is 2. The van der Waals surface area contributed by atoms with E-state index in [4.69, 9.17) is 28.3 Å². The van der Waals surface area contributed by atoms with E-state index in [1.807, 2.05) is 68.1 Å². The standard InChI is InChI=1S/C34H42N4O6/c1-4-40-29-20-24(21-30(41-5-2)31(29)37-18-7-8-19-37)23-38(25-12-16-35-17-13-25)33-36-27-22-26(10-11-28(27)43-33)44-34(14-9-15-34)32(39)42-6-3/h7-8,10-11,18-22,25,35H,4-6,9,12-17,23H2,1-3H3. The largest absolute Gasteiger partial charge is 0.492 e. The predicted octanol–water partition coefficient (Wildman–Crippen LogP) is 6.04. The molecule has 0 bridgehead atoms. The molecule has 3 heterocycles. The molecular formula is C34H42N4O6. The van der Waals surface area contributed by atoms with Crippen molar-refractivity contribution in [3.63, 3.8) is 0 Å². The summed E-state index contributed by atoms with van der Waals surface area (Å²) in [5, 5.41) is 3.47. The minimum absolute atomic E-state index is 0.234. The number of hydrogen-bond donors (Lipinski definition) is 1. The molecule has 1 aliphatic carbocycles. The van der Waals surface area contributed by atoms with Gasteiger partial charge in [-0.25, -0.2) is 4.79 Å². The van der Waals surface area contributed by atoms with Gasteiger partial charge in [-0.15, -0.1) is 0 Å². The lowest BCUT2D eigenvalue weighted by Gasteiger charge is -2.39. The molecule has 0 unspecified atom stereocenters. The average molecular weight is 603 g/mol. The first-order chi connectivity index (χ1) is 21.5. The molecule has 1 aliphatic heterocycles. The number of nitrogens with one attached hydrogen (secondary N) is 1. The van der Waals surface area contributed by atoms with Crippen LogP contribution in [0.1, 0.15) is 58.4 Å². The number of esters is 1. The number of fused-ring (bicyclic) bond motifs is 1. The zero-order valence-electron chi connectivity index (χ0n) is 25.8. The summed E-state index contributed by atoms with van der Waals surface area (Å²) in [6, 6.07) is 14.5. The number of piperidine rings is 1. The van der Waals surface area contributed by atoms with Crippen LogP contribution in [0.4, 0.5) is 6.01 Å². The van der Waals surface area contributed by atoms with Crippen LogP contribution in [0.15, 0.2) is 59.3 Å². The molecule has 2 aromatic carbocycles. The number of hydrogen-bond acceptors (Lipinski definition) is 9. The van der Waals surface area contributed by atoms with Gasteiger partial charge in [-0.3, -0.25) is 0 Å². The third-order valence-electron chi connectivity index (χ3n) is 8.38. The highest BCUT2D eigenvalue weighted by atomic mass is 16.6. The molecule has 10 nitrogen and oxygen atoms in total. The van der Waals surface area contributed by atoms with Crippen molar-refractivity contribution in [2.75, 3.05) is 37.8 Å². The van der Waals surface area contributed by atoms with Gasteiger partial charge in [0.15, 0.2) is 5.58 Å². The van der Waals surface area contributed by atoms with E-state index < -0.39 is 5.60 Å². The van der Waals surface area contributed by atoms with Crippen molar-refractivity contribution in [1.29, 1.82) is 0 Å². The molecule has 1 saturated carbocycles. The van der Waals surface area contributed by atoms with E-state index in [9.17, 15) is 4.79 Å². The zero-order valence-corrected chi connectivity index (χ0v) is 25.8. The van der Waals surface area contributed by atoms with Gasteiger partial charge in [0.25, 0.3) is 6.01 Å². The Kier molecular flexibility index (Phi) is 8.97. The van der Waals surface area contributed by atoms with Gasteiger partial charge in [0.05, 0.1) is 19.8 Å². The first-order valence-electron chi connectivity index (χ1n) is 15.8. The first-order valence-corrected chi connectivity index (χ1v) is 15.8. The summed E-state index contributed by atoms with van der Waals surface area (Å²) in [7, 11) is 0. The average Bonchev–Trinajstić information content (AvgIpc) is 3.69. The predicted molar refractivity (Wildman–Crippen MR) is 168 cm³/mol. The fourth-order valence-electron chi connectivity index (χ4n) is 6.08. The molecule has 0 atom stereocenters. The molecule has 4 aromatic rings. The van der Waals surface area contributed by atoms with Gasteiger partial charge in [-0.1, -0.05) is 0 Å². The van der Waals surface area contributed by atoms with Crippen molar-refractivity contribution >= 4 is 23.1 Å². The molecular weight excluding hydrogens is 560 g/mol. The molecule has 2 aromatic heterocycles. The van der Waals surface area contributed by atoms with Gasteiger partial charge >= 0.3 is 5.97 Å². The van der Waals surface area contributed by atoms with Crippen molar-refractivity contribution in [2.45, 2.75) is 71.1 Å². The summed E-state index contributed by atoms with van der Waals surface area (Å²) in [6.07, 6.45) is 8.15. The first kappa shape index (κ1) is 29.9. The Morgan fingerprint density at radius 2 is 1.73 bits per heavy atom. The van der Waals surface area contributed by atoms with Gasteiger partial charge < -0.3 is 38.1 Å². The molecule has 6 rings (SSSR count). The number of rotatable bonds is 13. The number of carbonyl (C=O) groups excluding carboxylic acids is 1. The Morgan fingerprint density at radius 1 is 1.02 bits per heavy atom. The number of nitrogens with zero attached hydrogens (tertiary/aromatic N) is 3. The maximum absolute atomic E-state index is 12.7. The van der Waals surface area contributed by atoms with Crippen LogP contribution >= 0.6 is 0 Å². The van der Waals surface area contributed by atoms with Crippen LogP contribution in [0.25, 0.3) is 16.8 Å². The molecule has 0 spiro atoms. The highest BCUT2D eigenvalue weighted by molar-refractivity contribution is 5.82.